The van der Waals surface area contributed by atoms with E-state index in [4.69, 9.17) is 18.9 Å². The van der Waals surface area contributed by atoms with Crippen LogP contribution in [0, 0.1) is 5.92 Å². The average Bonchev–Trinajstić information content (AvgIpc) is 2.98. The fraction of sp³-hybridized carbons (Fsp3) is 0.300. The van der Waals surface area contributed by atoms with Gasteiger partial charge in [0.05, 0.1) is 28.4 Å². The molecule has 0 aromatic heterocycles. The highest BCUT2D eigenvalue weighted by Gasteiger charge is 2.48. The molecule has 2 aromatic rings. The van der Waals surface area contributed by atoms with Crippen molar-refractivity contribution in [1.29, 1.82) is 0 Å². The van der Waals surface area contributed by atoms with Crippen LogP contribution in [0.15, 0.2) is 36.4 Å². The van der Waals surface area contributed by atoms with Gasteiger partial charge in [0.15, 0.2) is 17.3 Å². The lowest BCUT2D eigenvalue weighted by molar-refractivity contribution is -0.143. The molecule has 0 saturated carbocycles. The summed E-state index contributed by atoms with van der Waals surface area (Å²) in [6.07, 6.45) is 0. The lowest BCUT2D eigenvalue weighted by atomic mass is 9.85. The number of esters is 1. The van der Waals surface area contributed by atoms with Crippen LogP contribution in [0.25, 0.3) is 0 Å². The van der Waals surface area contributed by atoms with Gasteiger partial charge in [0.25, 0.3) is 0 Å². The minimum absolute atomic E-state index is 0.319. The van der Waals surface area contributed by atoms with Crippen molar-refractivity contribution in [2.24, 2.45) is 5.92 Å². The smallest absolute Gasteiger partial charge is 0.317 e. The van der Waals surface area contributed by atoms with Crippen molar-refractivity contribution in [2.75, 3.05) is 28.4 Å². The molecule has 0 spiro atoms. The minimum Gasteiger partial charge on any atom is -0.493 e. The van der Waals surface area contributed by atoms with Crippen molar-refractivity contribution in [3.63, 3.8) is 0 Å². The van der Waals surface area contributed by atoms with E-state index in [9.17, 15) is 9.59 Å². The van der Waals surface area contributed by atoms with Crippen LogP contribution in [0.4, 0.5) is 0 Å². The Morgan fingerprint density at radius 2 is 1.58 bits per heavy atom. The zero-order valence-electron chi connectivity index (χ0n) is 15.1. The summed E-state index contributed by atoms with van der Waals surface area (Å²) >= 11 is 0. The van der Waals surface area contributed by atoms with Gasteiger partial charge in [-0.25, -0.2) is 0 Å². The molecule has 0 unspecified atom stereocenters. The van der Waals surface area contributed by atoms with Gasteiger partial charge < -0.3 is 18.9 Å². The highest BCUT2D eigenvalue weighted by atomic mass is 16.5. The largest absolute Gasteiger partial charge is 0.493 e. The van der Waals surface area contributed by atoms with Crippen LogP contribution < -0.4 is 14.2 Å². The number of ketones is 1. The Bertz CT molecular complexity index is 843. The number of ether oxygens (including phenoxy) is 4. The van der Waals surface area contributed by atoms with Gasteiger partial charge in [-0.05, 0) is 11.6 Å². The number of benzene rings is 2. The number of Topliss-reactive ketones (excluding diaryl/α,β-unsaturated/α-hetero) is 1. The first-order chi connectivity index (χ1) is 12.6. The third-order valence-corrected chi connectivity index (χ3v) is 4.67. The molecular weight excluding hydrogens is 336 g/mol. The summed E-state index contributed by atoms with van der Waals surface area (Å²) in [6, 6.07) is 10.9. The Morgan fingerprint density at radius 1 is 0.923 bits per heavy atom. The quantitative estimate of drug-likeness (QED) is 0.606. The van der Waals surface area contributed by atoms with Crippen LogP contribution >= 0.6 is 0 Å². The van der Waals surface area contributed by atoms with Crippen molar-refractivity contribution < 1.29 is 28.5 Å². The average molecular weight is 356 g/mol. The molecule has 0 fully saturated rings. The Hall–Kier alpha value is -3.02. The van der Waals surface area contributed by atoms with E-state index in [1.807, 2.05) is 30.3 Å². The summed E-state index contributed by atoms with van der Waals surface area (Å²) in [5.41, 5.74) is 1.81. The molecule has 2 atom stereocenters. The fourth-order valence-corrected chi connectivity index (χ4v) is 3.57. The summed E-state index contributed by atoms with van der Waals surface area (Å²) in [4.78, 5) is 25.5. The van der Waals surface area contributed by atoms with Crippen molar-refractivity contribution in [3.05, 3.63) is 53.1 Å². The highest BCUT2D eigenvalue weighted by Crippen LogP contribution is 2.53. The third-order valence-electron chi connectivity index (χ3n) is 4.67. The molecule has 0 aliphatic heterocycles. The van der Waals surface area contributed by atoms with Gasteiger partial charge in [-0.2, -0.15) is 0 Å². The van der Waals surface area contributed by atoms with Crippen LogP contribution in [0.1, 0.15) is 27.4 Å². The van der Waals surface area contributed by atoms with E-state index >= 15 is 0 Å². The molecule has 3 rings (SSSR count). The molecular formula is C20H20O6. The lowest BCUT2D eigenvalue weighted by Crippen LogP contribution is -2.26. The van der Waals surface area contributed by atoms with Gasteiger partial charge in [0.2, 0.25) is 5.75 Å². The molecule has 0 saturated heterocycles. The number of carbonyl (C=O) groups excluding carboxylic acids is 2. The second-order valence-electron chi connectivity index (χ2n) is 5.86. The molecule has 1 aliphatic rings. The van der Waals surface area contributed by atoms with Crippen LogP contribution in [-0.4, -0.2) is 40.2 Å². The highest BCUT2D eigenvalue weighted by molar-refractivity contribution is 6.14. The standard InChI is InChI=1S/C20H20O6/c1-23-13-10-12-15(19(25-3)18(13)24-2)14(11-8-6-5-7-9-11)16(17(12)21)20(22)26-4/h5-10,14,16H,1-4H3/t14-,16+/m0/s1. The summed E-state index contributed by atoms with van der Waals surface area (Å²) in [5, 5.41) is 0. The van der Waals surface area contributed by atoms with E-state index in [0.717, 1.165) is 5.56 Å². The predicted octanol–water partition coefficient (Wildman–Crippen LogP) is 2.83. The molecule has 0 amide bonds. The van der Waals surface area contributed by atoms with E-state index in [1.54, 1.807) is 6.07 Å². The number of methoxy groups -OCH3 is 4. The normalized spacial score (nSPS) is 18.2. The van der Waals surface area contributed by atoms with Gasteiger partial charge in [0.1, 0.15) is 5.92 Å². The van der Waals surface area contributed by atoms with Gasteiger partial charge in [-0.1, -0.05) is 30.3 Å². The van der Waals surface area contributed by atoms with Crippen molar-refractivity contribution in [2.45, 2.75) is 5.92 Å². The Balaban J connectivity index is 2.33. The maximum Gasteiger partial charge on any atom is 0.317 e. The molecule has 1 aliphatic carbocycles. The summed E-state index contributed by atoms with van der Waals surface area (Å²) in [6.45, 7) is 0. The maximum absolute atomic E-state index is 13.1. The monoisotopic (exact) mass is 356 g/mol. The molecule has 26 heavy (non-hydrogen) atoms. The summed E-state index contributed by atoms with van der Waals surface area (Å²) in [7, 11) is 5.75. The predicted molar refractivity (Wildman–Crippen MR) is 94.2 cm³/mol. The fourth-order valence-electron chi connectivity index (χ4n) is 3.57. The lowest BCUT2D eigenvalue weighted by Gasteiger charge is -2.21. The number of fused-ring (bicyclic) bond motifs is 1. The topological polar surface area (TPSA) is 71.1 Å². The van der Waals surface area contributed by atoms with E-state index in [0.29, 0.717) is 28.4 Å². The van der Waals surface area contributed by atoms with Crippen molar-refractivity contribution in [1.82, 2.24) is 0 Å². The molecule has 0 N–H and O–H groups in total. The number of hydrogen-bond donors (Lipinski definition) is 0. The minimum atomic E-state index is -0.983. The molecule has 6 heteroatoms. The summed E-state index contributed by atoms with van der Waals surface area (Å²) < 4.78 is 21.3. The molecule has 136 valence electrons. The molecule has 0 bridgehead atoms. The number of carbonyl (C=O) groups is 2. The van der Waals surface area contributed by atoms with Crippen molar-refractivity contribution in [3.8, 4) is 17.2 Å². The second kappa shape index (κ2) is 7.07. The summed E-state index contributed by atoms with van der Waals surface area (Å²) in [5.74, 6) is -1.28. The van der Waals surface area contributed by atoms with Crippen molar-refractivity contribution >= 4 is 11.8 Å². The van der Waals surface area contributed by atoms with Crippen LogP contribution in [0.2, 0.25) is 0 Å². The number of hydrogen-bond acceptors (Lipinski definition) is 6. The Labute approximate surface area is 151 Å². The molecule has 0 radical (unpaired) electrons. The molecule has 6 nitrogen and oxygen atoms in total. The first-order valence-electron chi connectivity index (χ1n) is 8.08. The van der Waals surface area contributed by atoms with E-state index in [2.05, 4.69) is 0 Å². The van der Waals surface area contributed by atoms with Gasteiger partial charge in [0, 0.05) is 17.0 Å². The zero-order chi connectivity index (χ0) is 18.8. The molecule has 2 aromatic carbocycles. The van der Waals surface area contributed by atoms with Crippen LogP contribution in [0.5, 0.6) is 17.2 Å². The first kappa shape index (κ1) is 17.8. The number of rotatable bonds is 5. The maximum atomic E-state index is 13.1. The van der Waals surface area contributed by atoms with Gasteiger partial charge in [-0.3, -0.25) is 9.59 Å². The van der Waals surface area contributed by atoms with Crippen LogP contribution in [0.3, 0.4) is 0 Å². The Morgan fingerprint density at radius 3 is 2.12 bits per heavy atom. The van der Waals surface area contributed by atoms with E-state index in [1.165, 1.54) is 28.4 Å². The SMILES string of the molecule is COC(=O)[C@H]1C(=O)c2cc(OC)c(OC)c(OC)c2[C@@H]1c1ccccc1. The van der Waals surface area contributed by atoms with E-state index < -0.39 is 17.8 Å². The molecule has 0 heterocycles. The third kappa shape index (κ3) is 2.58. The second-order valence-corrected chi connectivity index (χ2v) is 5.86. The van der Waals surface area contributed by atoms with Crippen LogP contribution in [-0.2, 0) is 9.53 Å². The van der Waals surface area contributed by atoms with E-state index in [-0.39, 0.29) is 5.78 Å². The van der Waals surface area contributed by atoms with Gasteiger partial charge >= 0.3 is 5.97 Å². The first-order valence-corrected chi connectivity index (χ1v) is 8.08. The zero-order valence-corrected chi connectivity index (χ0v) is 15.1. The Kier molecular flexibility index (Phi) is 4.84. The van der Waals surface area contributed by atoms with Gasteiger partial charge in [-0.15, -0.1) is 0 Å².